The van der Waals surface area contributed by atoms with E-state index in [4.69, 9.17) is 0 Å². The minimum absolute atomic E-state index is 0.145. The summed E-state index contributed by atoms with van der Waals surface area (Å²) in [6.45, 7) is 10.1. The zero-order valence-corrected chi connectivity index (χ0v) is 13.1. The molecule has 1 unspecified atom stereocenters. The van der Waals surface area contributed by atoms with Gasteiger partial charge in [-0.3, -0.25) is 4.79 Å². The maximum absolute atomic E-state index is 12.0. The summed E-state index contributed by atoms with van der Waals surface area (Å²) in [6, 6.07) is 4.06. The van der Waals surface area contributed by atoms with E-state index < -0.39 is 0 Å². The number of nitrogens with one attached hydrogen (secondary N) is 2. The van der Waals surface area contributed by atoms with Crippen molar-refractivity contribution in [1.29, 1.82) is 0 Å². The third-order valence-corrected chi connectivity index (χ3v) is 3.85. The summed E-state index contributed by atoms with van der Waals surface area (Å²) < 4.78 is 0. The molecular weight excluding hydrogens is 266 g/mol. The van der Waals surface area contributed by atoms with Crippen LogP contribution in [-0.4, -0.2) is 53.2 Å². The molecule has 1 aromatic heterocycles. The second kappa shape index (κ2) is 7.36. The average Bonchev–Trinajstić information content (AvgIpc) is 2.95. The van der Waals surface area contributed by atoms with E-state index >= 15 is 0 Å². The molecule has 1 atom stereocenters. The molecule has 0 spiro atoms. The number of carbonyl (C=O) groups is 1. The summed E-state index contributed by atoms with van der Waals surface area (Å²) in [4.78, 5) is 14.5. The first-order valence-corrected chi connectivity index (χ1v) is 7.70. The molecule has 116 valence electrons. The summed E-state index contributed by atoms with van der Waals surface area (Å²) in [7, 11) is 0. The minimum Gasteiger partial charge on any atom is -0.369 e. The van der Waals surface area contributed by atoms with Crippen molar-refractivity contribution >= 4 is 11.7 Å². The molecule has 1 aromatic rings. The number of aromatic nitrogens is 2. The Kier molecular flexibility index (Phi) is 5.50. The minimum atomic E-state index is -0.145. The van der Waals surface area contributed by atoms with Crippen LogP contribution >= 0.6 is 0 Å². The Hall–Kier alpha value is -1.69. The zero-order valence-electron chi connectivity index (χ0n) is 13.1. The number of rotatable bonds is 6. The summed E-state index contributed by atoms with van der Waals surface area (Å²) in [6.07, 6.45) is 1.14. The summed E-state index contributed by atoms with van der Waals surface area (Å²) >= 11 is 0. The molecule has 1 fully saturated rings. The quantitative estimate of drug-likeness (QED) is 0.828. The molecule has 6 nitrogen and oxygen atoms in total. The standard InChI is InChI=1S/C15H25N5O/c1-4-16-14-6-5-13(18-19-14)15(21)17-9-12-7-8-20(10-12)11(2)3/h5-6,11-12H,4,7-10H2,1-3H3,(H,16,19)(H,17,21). The normalized spacial score (nSPS) is 19.0. The fourth-order valence-corrected chi connectivity index (χ4v) is 2.55. The van der Waals surface area contributed by atoms with Gasteiger partial charge in [-0.25, -0.2) is 0 Å². The molecule has 0 aromatic carbocycles. The van der Waals surface area contributed by atoms with Gasteiger partial charge in [0.1, 0.15) is 5.82 Å². The zero-order chi connectivity index (χ0) is 15.2. The molecule has 2 rings (SSSR count). The van der Waals surface area contributed by atoms with Crippen LogP contribution in [0.5, 0.6) is 0 Å². The van der Waals surface area contributed by atoms with Gasteiger partial charge in [-0.05, 0) is 51.8 Å². The highest BCUT2D eigenvalue weighted by atomic mass is 16.1. The summed E-state index contributed by atoms with van der Waals surface area (Å²) in [5.41, 5.74) is 0.371. The van der Waals surface area contributed by atoms with Crippen molar-refractivity contribution in [3.05, 3.63) is 17.8 Å². The average molecular weight is 291 g/mol. The molecule has 2 heterocycles. The molecule has 1 saturated heterocycles. The van der Waals surface area contributed by atoms with Gasteiger partial charge in [0.15, 0.2) is 5.69 Å². The number of hydrogen-bond acceptors (Lipinski definition) is 5. The summed E-state index contributed by atoms with van der Waals surface area (Å²) in [5, 5.41) is 13.9. The second-order valence-corrected chi connectivity index (χ2v) is 5.79. The molecule has 0 aliphatic carbocycles. The van der Waals surface area contributed by atoms with E-state index in [1.807, 2.05) is 6.92 Å². The molecule has 2 N–H and O–H groups in total. The molecule has 21 heavy (non-hydrogen) atoms. The first-order valence-electron chi connectivity index (χ1n) is 7.70. The lowest BCUT2D eigenvalue weighted by atomic mass is 10.1. The third kappa shape index (κ3) is 4.39. The summed E-state index contributed by atoms with van der Waals surface area (Å²) in [5.74, 6) is 1.08. The predicted octanol–water partition coefficient (Wildman–Crippen LogP) is 1.37. The van der Waals surface area contributed by atoms with Crippen LogP contribution in [-0.2, 0) is 0 Å². The van der Waals surface area contributed by atoms with Crippen molar-refractivity contribution in [1.82, 2.24) is 20.4 Å². The lowest BCUT2D eigenvalue weighted by molar-refractivity contribution is 0.0941. The molecular formula is C15H25N5O. The Labute approximate surface area is 126 Å². The highest BCUT2D eigenvalue weighted by molar-refractivity contribution is 5.92. The van der Waals surface area contributed by atoms with Crippen molar-refractivity contribution in [3.63, 3.8) is 0 Å². The first kappa shape index (κ1) is 15.7. The van der Waals surface area contributed by atoms with Gasteiger partial charge >= 0.3 is 0 Å². The predicted molar refractivity (Wildman–Crippen MR) is 83.3 cm³/mol. The van der Waals surface area contributed by atoms with Crippen LogP contribution in [0.3, 0.4) is 0 Å². The number of carbonyl (C=O) groups excluding carboxylic acids is 1. The van der Waals surface area contributed by atoms with Crippen LogP contribution in [0.2, 0.25) is 0 Å². The lowest BCUT2D eigenvalue weighted by Gasteiger charge is -2.20. The smallest absolute Gasteiger partial charge is 0.271 e. The maximum Gasteiger partial charge on any atom is 0.271 e. The van der Waals surface area contributed by atoms with Crippen molar-refractivity contribution < 1.29 is 4.79 Å². The van der Waals surface area contributed by atoms with E-state index in [1.165, 1.54) is 0 Å². The van der Waals surface area contributed by atoms with E-state index in [0.29, 0.717) is 30.0 Å². The fraction of sp³-hybridized carbons (Fsp3) is 0.667. The monoisotopic (exact) mass is 291 g/mol. The third-order valence-electron chi connectivity index (χ3n) is 3.85. The van der Waals surface area contributed by atoms with Gasteiger partial charge < -0.3 is 15.5 Å². The SMILES string of the molecule is CCNc1ccc(C(=O)NCC2CCN(C(C)C)C2)nn1. The molecule has 0 bridgehead atoms. The maximum atomic E-state index is 12.0. The van der Waals surface area contributed by atoms with Crippen molar-refractivity contribution in [2.24, 2.45) is 5.92 Å². The molecule has 0 saturated carbocycles. The molecule has 6 heteroatoms. The van der Waals surface area contributed by atoms with Crippen molar-refractivity contribution in [2.45, 2.75) is 33.2 Å². The van der Waals surface area contributed by atoms with E-state index in [1.54, 1.807) is 12.1 Å². The molecule has 0 radical (unpaired) electrons. The Morgan fingerprint density at radius 2 is 2.24 bits per heavy atom. The Bertz CT molecular complexity index is 460. The van der Waals surface area contributed by atoms with E-state index in [2.05, 4.69) is 39.6 Å². The Morgan fingerprint density at radius 3 is 2.81 bits per heavy atom. The van der Waals surface area contributed by atoms with Crippen LogP contribution in [0.15, 0.2) is 12.1 Å². The van der Waals surface area contributed by atoms with Gasteiger partial charge in [-0.15, -0.1) is 10.2 Å². The molecule has 1 amide bonds. The van der Waals surface area contributed by atoms with Crippen molar-refractivity contribution in [2.75, 3.05) is 31.5 Å². The Morgan fingerprint density at radius 1 is 1.43 bits per heavy atom. The van der Waals surface area contributed by atoms with Crippen LogP contribution in [0.1, 0.15) is 37.7 Å². The van der Waals surface area contributed by atoms with E-state index in [9.17, 15) is 4.79 Å². The second-order valence-electron chi connectivity index (χ2n) is 5.79. The van der Waals surface area contributed by atoms with Crippen molar-refractivity contribution in [3.8, 4) is 0 Å². The fourth-order valence-electron chi connectivity index (χ4n) is 2.55. The largest absolute Gasteiger partial charge is 0.369 e. The van der Waals surface area contributed by atoms with Gasteiger partial charge in [0.2, 0.25) is 0 Å². The van der Waals surface area contributed by atoms with E-state index in [0.717, 1.165) is 26.1 Å². The molecule has 1 aliphatic heterocycles. The highest BCUT2D eigenvalue weighted by Gasteiger charge is 2.24. The van der Waals surface area contributed by atoms with E-state index in [-0.39, 0.29) is 5.91 Å². The number of likely N-dealkylation sites (tertiary alicyclic amines) is 1. The van der Waals surface area contributed by atoms with Gasteiger partial charge in [-0.1, -0.05) is 0 Å². The number of anilines is 1. The van der Waals surface area contributed by atoms with Gasteiger partial charge in [0.05, 0.1) is 0 Å². The molecule has 1 aliphatic rings. The van der Waals surface area contributed by atoms with Gasteiger partial charge in [0, 0.05) is 25.7 Å². The lowest BCUT2D eigenvalue weighted by Crippen LogP contribution is -2.33. The van der Waals surface area contributed by atoms with Gasteiger partial charge in [-0.2, -0.15) is 0 Å². The number of amides is 1. The number of hydrogen-bond donors (Lipinski definition) is 2. The van der Waals surface area contributed by atoms with Crippen LogP contribution in [0, 0.1) is 5.92 Å². The topological polar surface area (TPSA) is 70.2 Å². The Balaban J connectivity index is 1.79. The highest BCUT2D eigenvalue weighted by Crippen LogP contribution is 2.17. The number of nitrogens with zero attached hydrogens (tertiary/aromatic N) is 3. The first-order chi connectivity index (χ1) is 10.1. The van der Waals surface area contributed by atoms with Crippen LogP contribution in [0.25, 0.3) is 0 Å². The van der Waals surface area contributed by atoms with Crippen LogP contribution < -0.4 is 10.6 Å². The van der Waals surface area contributed by atoms with Gasteiger partial charge in [0.25, 0.3) is 5.91 Å². The van der Waals surface area contributed by atoms with Crippen LogP contribution in [0.4, 0.5) is 5.82 Å².